The summed E-state index contributed by atoms with van der Waals surface area (Å²) in [6.45, 7) is 4.35. The Labute approximate surface area is 372 Å². The number of rotatable bonds is 7. The molecule has 0 spiro atoms. The van der Waals surface area contributed by atoms with Crippen LogP contribution in [0.1, 0.15) is 11.1 Å². The zero-order chi connectivity index (χ0) is 42.7. The van der Waals surface area contributed by atoms with Crippen LogP contribution in [0.2, 0.25) is 0 Å². The van der Waals surface area contributed by atoms with Crippen molar-refractivity contribution in [3.8, 4) is 67.5 Å². The molecule has 0 atom stereocenters. The van der Waals surface area contributed by atoms with Gasteiger partial charge in [0.2, 0.25) is 0 Å². The molecule has 0 N–H and O–H groups in total. The first-order valence-electron chi connectivity index (χ1n) is 21.9. The number of para-hydroxylation sites is 1. The first-order valence-corrected chi connectivity index (χ1v) is 21.9. The zero-order valence-electron chi connectivity index (χ0n) is 35.6. The molecular formula is C60H42N4. The molecule has 0 fully saturated rings. The molecule has 12 aromatic rings. The molecule has 4 nitrogen and oxygen atoms in total. The van der Waals surface area contributed by atoms with Crippen molar-refractivity contribution in [1.29, 1.82) is 0 Å². The fourth-order valence-corrected chi connectivity index (χ4v) is 9.47. The highest BCUT2D eigenvalue weighted by Crippen LogP contribution is 2.38. The lowest BCUT2D eigenvalue weighted by molar-refractivity contribution is 1.16. The molecule has 3 heterocycles. The van der Waals surface area contributed by atoms with E-state index in [1.54, 1.807) is 0 Å². The maximum Gasteiger partial charge on any atom is 0.160 e. The Morgan fingerprint density at radius 3 is 1.23 bits per heavy atom. The quantitative estimate of drug-likeness (QED) is 0.161. The van der Waals surface area contributed by atoms with Gasteiger partial charge >= 0.3 is 0 Å². The van der Waals surface area contributed by atoms with Gasteiger partial charge < -0.3 is 9.13 Å². The predicted octanol–water partition coefficient (Wildman–Crippen LogP) is 15.6. The first-order chi connectivity index (χ1) is 31.5. The van der Waals surface area contributed by atoms with Crippen molar-refractivity contribution >= 4 is 43.6 Å². The highest BCUT2D eigenvalue weighted by atomic mass is 15.0. The Bertz CT molecular complexity index is 3580. The van der Waals surface area contributed by atoms with E-state index in [1.165, 1.54) is 77.1 Å². The lowest BCUT2D eigenvalue weighted by atomic mass is 9.98. The summed E-state index contributed by atoms with van der Waals surface area (Å²) < 4.78 is 4.82. The minimum atomic E-state index is 0.717. The SMILES string of the molecule is Cc1ccc2c(c1)c1cc(C)ccc1n2-c1ccc2c(c1)c1ccccc1n2-c1ccc(-c2ccc(-c3ccc(-c4cc(-c5ccccc5)nc(-c5ccccc5)n4)cc3)cc2)cc1. The third kappa shape index (κ3) is 6.47. The van der Waals surface area contributed by atoms with Gasteiger partial charge in [-0.25, -0.2) is 9.97 Å². The van der Waals surface area contributed by atoms with Gasteiger partial charge in [-0.2, -0.15) is 0 Å². The van der Waals surface area contributed by atoms with Gasteiger partial charge in [0.1, 0.15) is 0 Å². The third-order valence-corrected chi connectivity index (χ3v) is 12.7. The molecular weight excluding hydrogens is 777 g/mol. The maximum atomic E-state index is 5.02. The summed E-state index contributed by atoms with van der Waals surface area (Å²) in [5.41, 5.74) is 19.3. The molecule has 0 radical (unpaired) electrons. The van der Waals surface area contributed by atoms with Crippen molar-refractivity contribution in [2.24, 2.45) is 0 Å². The number of nitrogens with zero attached hydrogens (tertiary/aromatic N) is 4. The molecule has 302 valence electrons. The van der Waals surface area contributed by atoms with Gasteiger partial charge in [-0.1, -0.05) is 163 Å². The van der Waals surface area contributed by atoms with E-state index in [4.69, 9.17) is 9.97 Å². The summed E-state index contributed by atoms with van der Waals surface area (Å²) in [4.78, 5) is 9.98. The van der Waals surface area contributed by atoms with E-state index in [-0.39, 0.29) is 0 Å². The lowest BCUT2D eigenvalue weighted by Crippen LogP contribution is -1.96. The lowest BCUT2D eigenvalue weighted by Gasteiger charge is -2.12. The number of aryl methyl sites for hydroxylation is 2. The van der Waals surface area contributed by atoms with Crippen LogP contribution >= 0.6 is 0 Å². The van der Waals surface area contributed by atoms with Crippen LogP contribution in [0.4, 0.5) is 0 Å². The number of fused-ring (bicyclic) bond motifs is 6. The Kier molecular flexibility index (Phi) is 8.91. The average Bonchev–Trinajstić information content (AvgIpc) is 3.86. The van der Waals surface area contributed by atoms with E-state index < -0.39 is 0 Å². The molecule has 0 saturated carbocycles. The Hall–Kier alpha value is -8.34. The van der Waals surface area contributed by atoms with E-state index in [2.05, 4.69) is 205 Å². The average molecular weight is 819 g/mol. The second kappa shape index (κ2) is 15.2. The van der Waals surface area contributed by atoms with Gasteiger partial charge in [0.05, 0.1) is 33.5 Å². The Morgan fingerprint density at radius 1 is 0.281 bits per heavy atom. The van der Waals surface area contributed by atoms with Crippen LogP contribution < -0.4 is 0 Å². The molecule has 0 unspecified atom stereocenters. The summed E-state index contributed by atoms with van der Waals surface area (Å²) in [6, 6.07) is 78.5. The highest BCUT2D eigenvalue weighted by molar-refractivity contribution is 6.12. The summed E-state index contributed by atoms with van der Waals surface area (Å²) in [5.74, 6) is 0.717. The van der Waals surface area contributed by atoms with E-state index in [0.29, 0.717) is 0 Å². The van der Waals surface area contributed by atoms with E-state index in [9.17, 15) is 0 Å². The van der Waals surface area contributed by atoms with Gasteiger partial charge in [-0.05, 0) is 103 Å². The van der Waals surface area contributed by atoms with Crippen molar-refractivity contribution in [2.75, 3.05) is 0 Å². The molecule has 3 aromatic heterocycles. The minimum absolute atomic E-state index is 0.717. The van der Waals surface area contributed by atoms with Gasteiger partial charge in [-0.15, -0.1) is 0 Å². The van der Waals surface area contributed by atoms with E-state index >= 15 is 0 Å². The fraction of sp³-hybridized carbons (Fsp3) is 0.0333. The standard InChI is InChI=1S/C60H42N4/c1-39-17-32-57-51(35-39)52-36-40(2)18-33-58(52)64(57)49-31-34-59-53(37-49)50-15-9-10-16-56(50)63(59)48-29-27-44(28-30-48)42-21-19-41(20-22-42)43-23-25-46(26-24-43)55-38-54(45-11-5-3-6-12-45)61-60(62-55)47-13-7-4-8-14-47/h3-38H,1-2H3. The normalized spacial score (nSPS) is 11.6. The maximum absolute atomic E-state index is 5.02. The largest absolute Gasteiger partial charge is 0.309 e. The van der Waals surface area contributed by atoms with Crippen molar-refractivity contribution in [3.63, 3.8) is 0 Å². The highest BCUT2D eigenvalue weighted by Gasteiger charge is 2.17. The Balaban J connectivity index is 0.841. The van der Waals surface area contributed by atoms with Crippen LogP contribution in [0.15, 0.2) is 218 Å². The molecule has 9 aromatic carbocycles. The molecule has 0 aliphatic carbocycles. The van der Waals surface area contributed by atoms with Gasteiger partial charge in [0.25, 0.3) is 0 Å². The van der Waals surface area contributed by atoms with Gasteiger partial charge in [0, 0.05) is 49.6 Å². The molecule has 0 bridgehead atoms. The van der Waals surface area contributed by atoms with Gasteiger partial charge in [-0.3, -0.25) is 0 Å². The summed E-state index contributed by atoms with van der Waals surface area (Å²) in [5, 5.41) is 5.06. The molecule has 64 heavy (non-hydrogen) atoms. The number of aromatic nitrogens is 4. The summed E-state index contributed by atoms with van der Waals surface area (Å²) in [7, 11) is 0. The fourth-order valence-electron chi connectivity index (χ4n) is 9.47. The van der Waals surface area contributed by atoms with Crippen LogP contribution in [0, 0.1) is 13.8 Å². The summed E-state index contributed by atoms with van der Waals surface area (Å²) in [6.07, 6.45) is 0. The number of hydrogen-bond donors (Lipinski definition) is 0. The van der Waals surface area contributed by atoms with Crippen molar-refractivity contribution < 1.29 is 0 Å². The molecule has 0 aliphatic rings. The van der Waals surface area contributed by atoms with Crippen molar-refractivity contribution in [3.05, 3.63) is 230 Å². The van der Waals surface area contributed by atoms with E-state index in [1.807, 2.05) is 36.4 Å². The second-order valence-electron chi connectivity index (χ2n) is 16.8. The molecule has 0 saturated heterocycles. The third-order valence-electron chi connectivity index (χ3n) is 12.7. The summed E-state index contributed by atoms with van der Waals surface area (Å²) >= 11 is 0. The van der Waals surface area contributed by atoms with E-state index in [0.717, 1.165) is 45.2 Å². The predicted molar refractivity (Wildman–Crippen MR) is 267 cm³/mol. The monoisotopic (exact) mass is 818 g/mol. The van der Waals surface area contributed by atoms with Crippen molar-refractivity contribution in [2.45, 2.75) is 13.8 Å². The van der Waals surface area contributed by atoms with Crippen LogP contribution in [-0.4, -0.2) is 19.1 Å². The smallest absolute Gasteiger partial charge is 0.160 e. The number of benzene rings is 9. The van der Waals surface area contributed by atoms with Crippen LogP contribution in [0.5, 0.6) is 0 Å². The molecule has 4 heteroatoms. The topological polar surface area (TPSA) is 35.6 Å². The Morgan fingerprint density at radius 2 is 0.672 bits per heavy atom. The van der Waals surface area contributed by atoms with Crippen LogP contribution in [0.3, 0.4) is 0 Å². The minimum Gasteiger partial charge on any atom is -0.309 e. The number of hydrogen-bond acceptors (Lipinski definition) is 2. The molecule has 0 aliphatic heterocycles. The second-order valence-corrected chi connectivity index (χ2v) is 16.8. The molecule has 0 amide bonds. The van der Waals surface area contributed by atoms with Crippen LogP contribution in [0.25, 0.3) is 111 Å². The van der Waals surface area contributed by atoms with Crippen molar-refractivity contribution in [1.82, 2.24) is 19.1 Å². The van der Waals surface area contributed by atoms with Gasteiger partial charge in [0.15, 0.2) is 5.82 Å². The van der Waals surface area contributed by atoms with Crippen LogP contribution in [-0.2, 0) is 0 Å². The molecule has 12 rings (SSSR count). The zero-order valence-corrected chi connectivity index (χ0v) is 35.6. The first kappa shape index (κ1) is 37.4.